The van der Waals surface area contributed by atoms with E-state index in [1.165, 1.54) is 0 Å². The molecule has 0 aliphatic carbocycles. The van der Waals surface area contributed by atoms with E-state index in [9.17, 15) is 4.79 Å². The summed E-state index contributed by atoms with van der Waals surface area (Å²) in [6.45, 7) is 3.92. The predicted octanol–water partition coefficient (Wildman–Crippen LogP) is 1.01. The van der Waals surface area contributed by atoms with Crippen LogP contribution in [0.15, 0.2) is 4.99 Å². The van der Waals surface area contributed by atoms with Gasteiger partial charge in [0.25, 0.3) is 0 Å². The van der Waals surface area contributed by atoms with Crippen molar-refractivity contribution in [1.82, 2.24) is 0 Å². The summed E-state index contributed by atoms with van der Waals surface area (Å²) >= 11 is 0. The van der Waals surface area contributed by atoms with Crippen LogP contribution >= 0.6 is 0 Å². The van der Waals surface area contributed by atoms with Gasteiger partial charge in [-0.25, -0.2) is 4.99 Å². The van der Waals surface area contributed by atoms with Crippen LogP contribution in [0.2, 0.25) is 0 Å². The molecular formula is C6H9NO. The van der Waals surface area contributed by atoms with Gasteiger partial charge in [-0.3, -0.25) is 4.79 Å². The number of amides is 1. The van der Waals surface area contributed by atoms with Crippen LogP contribution in [0.1, 0.15) is 20.3 Å². The first-order valence-corrected chi connectivity index (χ1v) is 2.78. The topological polar surface area (TPSA) is 29.4 Å². The van der Waals surface area contributed by atoms with Gasteiger partial charge in [-0.15, -0.1) is 0 Å². The number of carbonyl (C=O) groups is 1. The van der Waals surface area contributed by atoms with E-state index < -0.39 is 0 Å². The fourth-order valence-corrected chi connectivity index (χ4v) is 0.762. The van der Waals surface area contributed by atoms with Crippen molar-refractivity contribution in [3.8, 4) is 0 Å². The molecule has 1 aliphatic rings. The average Bonchev–Trinajstić information content (AvgIpc) is 1.85. The number of carbonyl (C=O) groups excluding carboxylic acids is 1. The molecule has 0 N–H and O–H groups in total. The third-order valence-electron chi connectivity index (χ3n) is 1.50. The van der Waals surface area contributed by atoms with Crippen LogP contribution in [-0.2, 0) is 4.79 Å². The second-order valence-corrected chi connectivity index (χ2v) is 2.25. The van der Waals surface area contributed by atoms with Gasteiger partial charge in [-0.1, -0.05) is 6.92 Å². The summed E-state index contributed by atoms with van der Waals surface area (Å²) in [4.78, 5) is 14.2. The Hall–Kier alpha value is -0.660. The zero-order valence-corrected chi connectivity index (χ0v) is 5.14. The third kappa shape index (κ3) is 0.782. The molecule has 2 nitrogen and oxygen atoms in total. The lowest BCUT2D eigenvalue weighted by Gasteiger charge is -1.94. The molecular weight excluding hydrogens is 102 g/mol. The maximum absolute atomic E-state index is 10.5. The second-order valence-electron chi connectivity index (χ2n) is 2.25. The summed E-state index contributed by atoms with van der Waals surface area (Å²) in [7, 11) is 0. The molecule has 0 radical (unpaired) electrons. The molecule has 2 heteroatoms. The minimum absolute atomic E-state index is 0.0370. The van der Waals surface area contributed by atoms with Crippen molar-refractivity contribution >= 4 is 11.6 Å². The summed E-state index contributed by atoms with van der Waals surface area (Å²) in [5, 5.41) is 0. The molecule has 0 aromatic heterocycles. The van der Waals surface area contributed by atoms with Crippen LogP contribution in [0.4, 0.5) is 0 Å². The molecule has 1 amide bonds. The number of aliphatic imine (C=N–C) groups is 1. The van der Waals surface area contributed by atoms with Crippen molar-refractivity contribution in [3.63, 3.8) is 0 Å². The zero-order chi connectivity index (χ0) is 6.15. The van der Waals surface area contributed by atoms with Crippen molar-refractivity contribution in [1.29, 1.82) is 0 Å². The van der Waals surface area contributed by atoms with E-state index in [1.807, 2.05) is 13.8 Å². The first-order valence-electron chi connectivity index (χ1n) is 2.78. The molecule has 0 aromatic rings. The molecule has 44 valence electrons. The lowest BCUT2D eigenvalue weighted by molar-refractivity contribution is -0.117. The van der Waals surface area contributed by atoms with Gasteiger partial charge < -0.3 is 0 Å². The molecule has 8 heavy (non-hydrogen) atoms. The first-order chi connectivity index (χ1) is 3.70. The second kappa shape index (κ2) is 1.69. The lowest BCUT2D eigenvalue weighted by atomic mass is 10.1. The first kappa shape index (κ1) is 5.48. The SMILES string of the molecule is CC1=NC(=O)CC1C. The van der Waals surface area contributed by atoms with Crippen molar-refractivity contribution < 1.29 is 4.79 Å². The van der Waals surface area contributed by atoms with Gasteiger partial charge in [0.15, 0.2) is 0 Å². The molecule has 0 saturated carbocycles. The number of rotatable bonds is 0. The summed E-state index contributed by atoms with van der Waals surface area (Å²) in [6.07, 6.45) is 0.617. The van der Waals surface area contributed by atoms with Crippen LogP contribution in [0.3, 0.4) is 0 Å². The van der Waals surface area contributed by atoms with Gasteiger partial charge in [0.1, 0.15) is 0 Å². The summed E-state index contributed by atoms with van der Waals surface area (Å²) in [5.74, 6) is 0.428. The summed E-state index contributed by atoms with van der Waals surface area (Å²) in [5.41, 5.74) is 0.981. The zero-order valence-electron chi connectivity index (χ0n) is 5.14. The number of hydrogen-bond acceptors (Lipinski definition) is 1. The van der Waals surface area contributed by atoms with Gasteiger partial charge >= 0.3 is 0 Å². The van der Waals surface area contributed by atoms with E-state index in [4.69, 9.17) is 0 Å². The molecule has 1 aliphatic heterocycles. The molecule has 1 heterocycles. The van der Waals surface area contributed by atoms with Crippen LogP contribution in [0.25, 0.3) is 0 Å². The third-order valence-corrected chi connectivity index (χ3v) is 1.50. The smallest absolute Gasteiger partial charge is 0.246 e. The Morgan fingerprint density at radius 1 is 1.75 bits per heavy atom. The maximum Gasteiger partial charge on any atom is 0.246 e. The van der Waals surface area contributed by atoms with Gasteiger partial charge in [-0.05, 0) is 6.92 Å². The molecule has 0 saturated heterocycles. The lowest BCUT2D eigenvalue weighted by Crippen LogP contribution is -1.98. The minimum atomic E-state index is 0.0370. The highest BCUT2D eigenvalue weighted by atomic mass is 16.1. The monoisotopic (exact) mass is 111 g/mol. The van der Waals surface area contributed by atoms with Crippen molar-refractivity contribution in [2.24, 2.45) is 10.9 Å². The van der Waals surface area contributed by atoms with E-state index in [1.54, 1.807) is 0 Å². The van der Waals surface area contributed by atoms with Gasteiger partial charge in [0.05, 0.1) is 0 Å². The van der Waals surface area contributed by atoms with E-state index in [2.05, 4.69) is 4.99 Å². The number of nitrogens with zero attached hydrogens (tertiary/aromatic N) is 1. The predicted molar refractivity (Wildman–Crippen MR) is 31.9 cm³/mol. The van der Waals surface area contributed by atoms with Crippen molar-refractivity contribution in [2.75, 3.05) is 0 Å². The molecule has 0 bridgehead atoms. The molecule has 0 spiro atoms. The van der Waals surface area contributed by atoms with Gasteiger partial charge in [-0.2, -0.15) is 0 Å². The standard InChI is InChI=1S/C6H9NO/c1-4-3-6(8)7-5(4)2/h4H,3H2,1-2H3. The normalized spacial score (nSPS) is 28.5. The van der Waals surface area contributed by atoms with Crippen LogP contribution in [-0.4, -0.2) is 11.6 Å². The van der Waals surface area contributed by atoms with Crippen LogP contribution in [0.5, 0.6) is 0 Å². The average molecular weight is 111 g/mol. The largest absolute Gasteiger partial charge is 0.273 e. The fraction of sp³-hybridized carbons (Fsp3) is 0.667. The molecule has 1 atom stereocenters. The molecule has 0 aromatic carbocycles. The van der Waals surface area contributed by atoms with Crippen LogP contribution < -0.4 is 0 Å². The van der Waals surface area contributed by atoms with E-state index in [-0.39, 0.29) is 5.91 Å². The Balaban J connectivity index is 2.73. The Kier molecular flexibility index (Phi) is 1.16. The van der Waals surface area contributed by atoms with Gasteiger partial charge in [0, 0.05) is 18.1 Å². The Morgan fingerprint density at radius 2 is 2.38 bits per heavy atom. The quantitative estimate of drug-likeness (QED) is 0.458. The molecule has 1 rings (SSSR count). The van der Waals surface area contributed by atoms with Crippen molar-refractivity contribution in [2.45, 2.75) is 20.3 Å². The van der Waals surface area contributed by atoms with E-state index in [0.29, 0.717) is 12.3 Å². The Morgan fingerprint density at radius 3 is 2.50 bits per heavy atom. The van der Waals surface area contributed by atoms with Crippen LogP contribution in [0, 0.1) is 5.92 Å². The Bertz CT molecular complexity index is 149. The minimum Gasteiger partial charge on any atom is -0.273 e. The molecule has 1 unspecified atom stereocenters. The Labute approximate surface area is 48.6 Å². The van der Waals surface area contributed by atoms with E-state index in [0.717, 1.165) is 5.71 Å². The van der Waals surface area contributed by atoms with E-state index >= 15 is 0 Å². The highest BCUT2D eigenvalue weighted by Gasteiger charge is 2.17. The highest BCUT2D eigenvalue weighted by molar-refractivity contribution is 6.02. The van der Waals surface area contributed by atoms with Gasteiger partial charge in [0.2, 0.25) is 5.91 Å². The maximum atomic E-state index is 10.5. The van der Waals surface area contributed by atoms with Crippen molar-refractivity contribution in [3.05, 3.63) is 0 Å². The fourth-order valence-electron chi connectivity index (χ4n) is 0.762. The highest BCUT2D eigenvalue weighted by Crippen LogP contribution is 2.12. The molecule has 0 fully saturated rings. The summed E-state index contributed by atoms with van der Waals surface area (Å²) < 4.78 is 0. The number of hydrogen-bond donors (Lipinski definition) is 0. The summed E-state index contributed by atoms with van der Waals surface area (Å²) in [6, 6.07) is 0.